The maximum absolute atomic E-state index is 10.8. The van der Waals surface area contributed by atoms with Crippen molar-refractivity contribution in [2.75, 3.05) is 6.61 Å². The van der Waals surface area contributed by atoms with Gasteiger partial charge in [-0.15, -0.1) is 0 Å². The molecule has 1 heterocycles. The molecule has 2 fully saturated rings. The van der Waals surface area contributed by atoms with Crippen molar-refractivity contribution in [3.8, 4) is 0 Å². The highest BCUT2D eigenvalue weighted by molar-refractivity contribution is 5.34. The fraction of sp³-hybridized carbons (Fsp3) is 0.647. The molecule has 19 heavy (non-hydrogen) atoms. The van der Waals surface area contributed by atoms with Crippen LogP contribution in [0.25, 0.3) is 0 Å². The number of aliphatic hydroxyl groups is 1. The van der Waals surface area contributed by atoms with Gasteiger partial charge in [-0.2, -0.15) is 0 Å². The summed E-state index contributed by atoms with van der Waals surface area (Å²) in [5, 5.41) is 10.8. The molecule has 3 rings (SSSR count). The van der Waals surface area contributed by atoms with E-state index in [2.05, 4.69) is 31.2 Å². The maximum atomic E-state index is 10.8. The zero-order valence-corrected chi connectivity index (χ0v) is 11.7. The van der Waals surface area contributed by atoms with Crippen molar-refractivity contribution in [1.82, 2.24) is 0 Å². The van der Waals surface area contributed by atoms with Crippen LogP contribution in [0.1, 0.15) is 62.2 Å². The first-order valence-electron chi connectivity index (χ1n) is 7.69. The Morgan fingerprint density at radius 3 is 2.74 bits per heavy atom. The quantitative estimate of drug-likeness (QED) is 0.892. The Kier molecular flexibility index (Phi) is 3.90. The Morgan fingerprint density at radius 2 is 2.05 bits per heavy atom. The molecular formula is C17H24O2. The minimum Gasteiger partial charge on any atom is -0.388 e. The summed E-state index contributed by atoms with van der Waals surface area (Å²) in [5.41, 5.74) is 2.53. The van der Waals surface area contributed by atoms with Gasteiger partial charge in [0, 0.05) is 12.5 Å². The van der Waals surface area contributed by atoms with Gasteiger partial charge < -0.3 is 9.84 Å². The van der Waals surface area contributed by atoms with Crippen LogP contribution < -0.4 is 0 Å². The molecule has 0 amide bonds. The maximum Gasteiger partial charge on any atom is 0.0846 e. The van der Waals surface area contributed by atoms with Gasteiger partial charge in [-0.25, -0.2) is 0 Å². The number of hydrogen-bond donors (Lipinski definition) is 1. The minimum absolute atomic E-state index is 0.226. The van der Waals surface area contributed by atoms with E-state index in [4.69, 9.17) is 4.74 Å². The lowest BCUT2D eigenvalue weighted by Gasteiger charge is -2.31. The van der Waals surface area contributed by atoms with E-state index in [9.17, 15) is 5.11 Å². The first-order chi connectivity index (χ1) is 9.31. The van der Waals surface area contributed by atoms with E-state index in [0.29, 0.717) is 5.92 Å². The van der Waals surface area contributed by atoms with E-state index < -0.39 is 0 Å². The van der Waals surface area contributed by atoms with E-state index in [1.54, 1.807) is 0 Å². The molecular weight excluding hydrogens is 236 g/mol. The van der Waals surface area contributed by atoms with Gasteiger partial charge in [0.2, 0.25) is 0 Å². The molecule has 0 bridgehead atoms. The van der Waals surface area contributed by atoms with Crippen LogP contribution in [0.5, 0.6) is 0 Å². The summed E-state index contributed by atoms with van der Waals surface area (Å²) in [7, 11) is 0. The summed E-state index contributed by atoms with van der Waals surface area (Å²) < 4.78 is 5.74. The van der Waals surface area contributed by atoms with Crippen LogP contribution in [-0.4, -0.2) is 17.8 Å². The molecule has 3 unspecified atom stereocenters. The molecule has 1 saturated heterocycles. The predicted molar refractivity (Wildman–Crippen MR) is 76.1 cm³/mol. The molecule has 0 radical (unpaired) electrons. The average Bonchev–Trinajstić information content (AvgIpc) is 2.85. The van der Waals surface area contributed by atoms with Crippen molar-refractivity contribution in [2.45, 2.75) is 57.2 Å². The Morgan fingerprint density at radius 1 is 1.26 bits per heavy atom. The van der Waals surface area contributed by atoms with Crippen molar-refractivity contribution in [2.24, 2.45) is 5.92 Å². The summed E-state index contributed by atoms with van der Waals surface area (Å²) in [6, 6.07) is 8.48. The van der Waals surface area contributed by atoms with Crippen molar-refractivity contribution >= 4 is 0 Å². The first kappa shape index (κ1) is 13.1. The summed E-state index contributed by atoms with van der Waals surface area (Å²) in [4.78, 5) is 0. The molecule has 2 nitrogen and oxygen atoms in total. The standard InChI is InChI=1S/C17H24O2/c1-2-16-15(10-11-19-16)17(18)14-9-4-3-8-13(14)12-6-5-7-12/h3-4,8-9,12,15-18H,2,5-7,10-11H2,1H3. The molecule has 1 aliphatic carbocycles. The number of hydrogen-bond acceptors (Lipinski definition) is 2. The largest absolute Gasteiger partial charge is 0.388 e. The summed E-state index contributed by atoms with van der Waals surface area (Å²) in [5.74, 6) is 0.944. The van der Waals surface area contributed by atoms with Crippen molar-refractivity contribution in [3.63, 3.8) is 0 Å². The monoisotopic (exact) mass is 260 g/mol. The summed E-state index contributed by atoms with van der Waals surface area (Å²) >= 11 is 0. The smallest absolute Gasteiger partial charge is 0.0846 e. The van der Waals surface area contributed by atoms with Crippen molar-refractivity contribution < 1.29 is 9.84 Å². The molecule has 3 atom stereocenters. The van der Waals surface area contributed by atoms with Gasteiger partial charge in [0.1, 0.15) is 0 Å². The van der Waals surface area contributed by atoms with Gasteiger partial charge in [-0.05, 0) is 42.7 Å². The lowest BCUT2D eigenvalue weighted by atomic mass is 9.75. The lowest BCUT2D eigenvalue weighted by molar-refractivity contribution is 0.0300. The summed E-state index contributed by atoms with van der Waals surface area (Å²) in [6.07, 6.45) is 5.74. The molecule has 0 spiro atoms. The molecule has 1 N–H and O–H groups in total. The van der Waals surface area contributed by atoms with Crippen molar-refractivity contribution in [1.29, 1.82) is 0 Å². The molecule has 2 heteroatoms. The molecule has 0 aromatic heterocycles. The van der Waals surface area contributed by atoms with E-state index in [1.165, 1.54) is 24.8 Å². The Bertz CT molecular complexity index is 425. The number of benzene rings is 1. The van der Waals surface area contributed by atoms with Crippen molar-refractivity contribution in [3.05, 3.63) is 35.4 Å². The number of ether oxygens (including phenoxy) is 1. The van der Waals surface area contributed by atoms with Crippen LogP contribution in [0.4, 0.5) is 0 Å². The van der Waals surface area contributed by atoms with Crippen LogP contribution in [0, 0.1) is 5.92 Å². The first-order valence-corrected chi connectivity index (χ1v) is 7.69. The third-order valence-electron chi connectivity index (χ3n) is 4.93. The molecule has 1 aliphatic heterocycles. The van der Waals surface area contributed by atoms with Gasteiger partial charge in [-0.3, -0.25) is 0 Å². The van der Waals surface area contributed by atoms with Gasteiger partial charge in [0.05, 0.1) is 12.2 Å². The zero-order chi connectivity index (χ0) is 13.2. The fourth-order valence-corrected chi connectivity index (χ4v) is 3.55. The second kappa shape index (κ2) is 5.64. The molecule has 104 valence electrons. The van der Waals surface area contributed by atoms with Crippen LogP contribution in [0.15, 0.2) is 24.3 Å². The Labute approximate surface area is 115 Å². The predicted octanol–water partition coefficient (Wildman–Crippen LogP) is 3.80. The van der Waals surface area contributed by atoms with Gasteiger partial charge in [-0.1, -0.05) is 37.6 Å². The number of rotatable bonds is 4. The molecule has 2 aliphatic rings. The van der Waals surface area contributed by atoms with Gasteiger partial charge in [0.15, 0.2) is 0 Å². The Hall–Kier alpha value is -0.860. The summed E-state index contributed by atoms with van der Waals surface area (Å²) in [6.45, 7) is 2.94. The van der Waals surface area contributed by atoms with E-state index >= 15 is 0 Å². The topological polar surface area (TPSA) is 29.5 Å². The normalized spacial score (nSPS) is 29.2. The second-order valence-electron chi connectivity index (χ2n) is 5.97. The van der Waals surface area contributed by atoms with Crippen LogP contribution >= 0.6 is 0 Å². The highest BCUT2D eigenvalue weighted by atomic mass is 16.5. The van der Waals surface area contributed by atoms with E-state index in [0.717, 1.165) is 25.0 Å². The van der Waals surface area contributed by atoms with Crippen LogP contribution in [0.3, 0.4) is 0 Å². The lowest BCUT2D eigenvalue weighted by Crippen LogP contribution is -2.24. The highest BCUT2D eigenvalue weighted by Crippen LogP contribution is 2.42. The third kappa shape index (κ3) is 2.44. The SMILES string of the molecule is CCC1OCCC1C(O)c1ccccc1C1CCC1. The highest BCUT2D eigenvalue weighted by Gasteiger charge is 2.35. The van der Waals surface area contributed by atoms with Gasteiger partial charge >= 0.3 is 0 Å². The number of aliphatic hydroxyl groups excluding tert-OH is 1. The molecule has 1 saturated carbocycles. The minimum atomic E-state index is -0.357. The van der Waals surface area contributed by atoms with E-state index in [-0.39, 0.29) is 18.1 Å². The van der Waals surface area contributed by atoms with Crippen LogP contribution in [0.2, 0.25) is 0 Å². The molecule has 1 aromatic rings. The Balaban J connectivity index is 1.84. The fourth-order valence-electron chi connectivity index (χ4n) is 3.55. The third-order valence-corrected chi connectivity index (χ3v) is 4.93. The van der Waals surface area contributed by atoms with Crippen LogP contribution in [-0.2, 0) is 4.74 Å². The van der Waals surface area contributed by atoms with Gasteiger partial charge in [0.25, 0.3) is 0 Å². The van der Waals surface area contributed by atoms with E-state index in [1.807, 2.05) is 0 Å². The second-order valence-corrected chi connectivity index (χ2v) is 5.97. The zero-order valence-electron chi connectivity index (χ0n) is 11.7. The average molecular weight is 260 g/mol. The molecule has 1 aromatic carbocycles.